The fourth-order valence-corrected chi connectivity index (χ4v) is 2.86. The van der Waals surface area contributed by atoms with E-state index in [9.17, 15) is 0 Å². The summed E-state index contributed by atoms with van der Waals surface area (Å²) in [6.45, 7) is 2.72. The highest BCUT2D eigenvalue weighted by molar-refractivity contribution is 4.94. The molecule has 0 aromatic rings. The molecular weight excluding hydrogens is 186 g/mol. The highest BCUT2D eigenvalue weighted by atomic mass is 16.3. The summed E-state index contributed by atoms with van der Waals surface area (Å²) >= 11 is 0. The van der Waals surface area contributed by atoms with Gasteiger partial charge in [-0.25, -0.2) is 0 Å². The first-order valence-corrected chi connectivity index (χ1v) is 6.66. The van der Waals surface area contributed by atoms with E-state index in [-0.39, 0.29) is 0 Å². The van der Waals surface area contributed by atoms with Gasteiger partial charge in [-0.05, 0) is 50.0 Å². The van der Waals surface area contributed by atoms with E-state index < -0.39 is 0 Å². The van der Waals surface area contributed by atoms with Gasteiger partial charge >= 0.3 is 0 Å². The molecule has 2 fully saturated rings. The fourth-order valence-electron chi connectivity index (χ4n) is 2.86. The lowest BCUT2D eigenvalue weighted by molar-refractivity contribution is 0.241. The number of nitrogens with one attached hydrogen (secondary N) is 1. The van der Waals surface area contributed by atoms with Crippen molar-refractivity contribution < 1.29 is 5.11 Å². The van der Waals surface area contributed by atoms with E-state index in [4.69, 9.17) is 5.11 Å². The Morgan fingerprint density at radius 2 is 1.87 bits per heavy atom. The highest BCUT2D eigenvalue weighted by Gasteiger charge is 2.41. The molecule has 0 radical (unpaired) electrons. The third kappa shape index (κ3) is 3.46. The van der Waals surface area contributed by atoms with E-state index in [1.165, 1.54) is 51.5 Å². The standard InChI is InChI=1S/C13H25NO/c15-9-8-13(6-7-13)11-14-10-12-4-2-1-3-5-12/h12,14-15H,1-11H2. The third-order valence-corrected chi connectivity index (χ3v) is 4.26. The number of aliphatic hydroxyl groups is 1. The van der Waals surface area contributed by atoms with Gasteiger partial charge in [-0.1, -0.05) is 19.3 Å². The molecule has 2 rings (SSSR count). The smallest absolute Gasteiger partial charge is 0.0436 e. The maximum absolute atomic E-state index is 8.96. The Labute approximate surface area is 93.5 Å². The van der Waals surface area contributed by atoms with Crippen LogP contribution in [0.1, 0.15) is 51.4 Å². The Balaban J connectivity index is 1.58. The molecule has 0 aromatic carbocycles. The Morgan fingerprint density at radius 3 is 2.47 bits per heavy atom. The van der Waals surface area contributed by atoms with Gasteiger partial charge in [0, 0.05) is 13.2 Å². The second-order valence-electron chi connectivity index (χ2n) is 5.61. The van der Waals surface area contributed by atoms with Crippen LogP contribution >= 0.6 is 0 Å². The van der Waals surface area contributed by atoms with Crippen molar-refractivity contribution in [3.8, 4) is 0 Å². The summed E-state index contributed by atoms with van der Waals surface area (Å²) in [5.74, 6) is 0.934. The van der Waals surface area contributed by atoms with Gasteiger partial charge in [0.25, 0.3) is 0 Å². The third-order valence-electron chi connectivity index (χ3n) is 4.26. The molecule has 0 heterocycles. The summed E-state index contributed by atoms with van der Waals surface area (Å²) in [5, 5.41) is 12.6. The predicted octanol–water partition coefficient (Wildman–Crippen LogP) is 2.32. The largest absolute Gasteiger partial charge is 0.396 e. The molecule has 2 saturated carbocycles. The fraction of sp³-hybridized carbons (Fsp3) is 1.00. The van der Waals surface area contributed by atoms with Crippen molar-refractivity contribution in [1.82, 2.24) is 5.32 Å². The van der Waals surface area contributed by atoms with Crippen molar-refractivity contribution in [3.63, 3.8) is 0 Å². The van der Waals surface area contributed by atoms with Crippen LogP contribution < -0.4 is 5.32 Å². The van der Waals surface area contributed by atoms with Gasteiger partial charge in [-0.3, -0.25) is 0 Å². The van der Waals surface area contributed by atoms with E-state index in [1.54, 1.807) is 0 Å². The summed E-state index contributed by atoms with van der Waals surface area (Å²) in [7, 11) is 0. The molecule has 0 bridgehead atoms. The molecule has 0 aromatic heterocycles. The van der Waals surface area contributed by atoms with Crippen LogP contribution in [-0.4, -0.2) is 24.8 Å². The summed E-state index contributed by atoms with van der Waals surface area (Å²) in [6.07, 6.45) is 10.8. The van der Waals surface area contributed by atoms with Crippen LogP contribution in [0.5, 0.6) is 0 Å². The first-order valence-electron chi connectivity index (χ1n) is 6.66. The Hall–Kier alpha value is -0.0800. The maximum atomic E-state index is 8.96. The topological polar surface area (TPSA) is 32.3 Å². The minimum atomic E-state index is 0.366. The molecule has 2 aliphatic rings. The Kier molecular flexibility index (Phi) is 4.04. The van der Waals surface area contributed by atoms with Crippen LogP contribution in [0, 0.1) is 11.3 Å². The summed E-state index contributed by atoms with van der Waals surface area (Å²) in [6, 6.07) is 0. The number of rotatable bonds is 6. The van der Waals surface area contributed by atoms with E-state index >= 15 is 0 Å². The van der Waals surface area contributed by atoms with Crippen LogP contribution in [0.4, 0.5) is 0 Å². The molecule has 2 heteroatoms. The Bertz CT molecular complexity index is 183. The van der Waals surface area contributed by atoms with E-state index in [1.807, 2.05) is 0 Å². The van der Waals surface area contributed by atoms with Crippen LogP contribution in [-0.2, 0) is 0 Å². The number of aliphatic hydroxyl groups excluding tert-OH is 1. The van der Waals surface area contributed by atoms with Crippen molar-refractivity contribution in [3.05, 3.63) is 0 Å². The number of hydrogen-bond donors (Lipinski definition) is 2. The Morgan fingerprint density at radius 1 is 1.13 bits per heavy atom. The second kappa shape index (κ2) is 5.31. The molecule has 0 atom stereocenters. The minimum absolute atomic E-state index is 0.366. The van der Waals surface area contributed by atoms with Gasteiger partial charge in [0.2, 0.25) is 0 Å². The van der Waals surface area contributed by atoms with E-state index in [0.717, 1.165) is 18.9 Å². The molecule has 0 spiro atoms. The first-order chi connectivity index (χ1) is 7.35. The number of hydrogen-bond acceptors (Lipinski definition) is 2. The van der Waals surface area contributed by atoms with Crippen molar-refractivity contribution in [1.29, 1.82) is 0 Å². The van der Waals surface area contributed by atoms with Crippen LogP contribution in [0.3, 0.4) is 0 Å². The molecule has 2 nitrogen and oxygen atoms in total. The summed E-state index contributed by atoms with van der Waals surface area (Å²) in [5.41, 5.74) is 0.490. The summed E-state index contributed by atoms with van der Waals surface area (Å²) < 4.78 is 0. The van der Waals surface area contributed by atoms with Gasteiger partial charge < -0.3 is 10.4 Å². The molecule has 0 aliphatic heterocycles. The van der Waals surface area contributed by atoms with Gasteiger partial charge in [0.05, 0.1) is 0 Å². The first kappa shape index (κ1) is 11.4. The average Bonchev–Trinajstić information content (AvgIpc) is 3.00. The average molecular weight is 211 g/mol. The molecule has 2 aliphatic carbocycles. The van der Waals surface area contributed by atoms with Gasteiger partial charge in [-0.2, -0.15) is 0 Å². The van der Waals surface area contributed by atoms with E-state index in [0.29, 0.717) is 12.0 Å². The molecular formula is C13H25NO. The minimum Gasteiger partial charge on any atom is -0.396 e. The van der Waals surface area contributed by atoms with Gasteiger partial charge in [0.1, 0.15) is 0 Å². The van der Waals surface area contributed by atoms with Crippen molar-refractivity contribution in [2.24, 2.45) is 11.3 Å². The normalized spacial score (nSPS) is 25.4. The van der Waals surface area contributed by atoms with Crippen molar-refractivity contribution in [2.45, 2.75) is 51.4 Å². The molecule has 2 N–H and O–H groups in total. The lowest BCUT2D eigenvalue weighted by Crippen LogP contribution is -2.30. The van der Waals surface area contributed by atoms with Gasteiger partial charge in [0.15, 0.2) is 0 Å². The SMILES string of the molecule is OCCC1(CNCC2CCCCC2)CC1. The lowest BCUT2D eigenvalue weighted by Gasteiger charge is -2.23. The lowest BCUT2D eigenvalue weighted by atomic mass is 9.89. The highest BCUT2D eigenvalue weighted by Crippen LogP contribution is 2.47. The molecule has 15 heavy (non-hydrogen) atoms. The van der Waals surface area contributed by atoms with E-state index in [2.05, 4.69) is 5.32 Å². The maximum Gasteiger partial charge on any atom is 0.0436 e. The monoisotopic (exact) mass is 211 g/mol. The zero-order chi connectivity index (χ0) is 10.6. The molecule has 0 saturated heterocycles. The molecule has 88 valence electrons. The molecule has 0 amide bonds. The van der Waals surface area contributed by atoms with Crippen LogP contribution in [0.15, 0.2) is 0 Å². The van der Waals surface area contributed by atoms with Crippen molar-refractivity contribution >= 4 is 0 Å². The zero-order valence-corrected chi connectivity index (χ0v) is 9.80. The van der Waals surface area contributed by atoms with Gasteiger partial charge in [-0.15, -0.1) is 0 Å². The predicted molar refractivity (Wildman–Crippen MR) is 62.8 cm³/mol. The van der Waals surface area contributed by atoms with Crippen LogP contribution in [0.2, 0.25) is 0 Å². The van der Waals surface area contributed by atoms with Crippen LogP contribution in [0.25, 0.3) is 0 Å². The quantitative estimate of drug-likeness (QED) is 0.706. The second-order valence-corrected chi connectivity index (χ2v) is 5.61. The molecule has 0 unspecified atom stereocenters. The summed E-state index contributed by atoms with van der Waals surface area (Å²) in [4.78, 5) is 0. The zero-order valence-electron chi connectivity index (χ0n) is 9.80. The van der Waals surface area contributed by atoms with Crippen molar-refractivity contribution in [2.75, 3.05) is 19.7 Å².